The zero-order chi connectivity index (χ0) is 20.7. The van der Waals surface area contributed by atoms with Crippen LogP contribution in [0.1, 0.15) is 33.3 Å². The van der Waals surface area contributed by atoms with Gasteiger partial charge in [0.25, 0.3) is 0 Å². The van der Waals surface area contributed by atoms with Gasteiger partial charge in [-0.15, -0.1) is 13.2 Å². The number of halogens is 1. The fourth-order valence-corrected chi connectivity index (χ4v) is 1.92. The summed E-state index contributed by atoms with van der Waals surface area (Å²) in [4.78, 5) is 23.4. The van der Waals surface area contributed by atoms with Crippen LogP contribution in [0.2, 0.25) is 0 Å². The Labute approximate surface area is 155 Å². The standard InChI is InChI=1S/C15H14FNO3.2C2H6.C2H4/c1-10-7-17(9-14(18)20-2)8-13(15(10)19)11-3-5-12(16)6-4-11;3*1-2/h3-8H,9H2,1-2H3;2*1-2H3;1-2H2. The monoisotopic (exact) mass is 363 g/mol. The Bertz CT molecular complexity index is 706. The second kappa shape index (κ2) is 14.6. The summed E-state index contributed by atoms with van der Waals surface area (Å²) in [6.45, 7) is 15.7. The number of hydrogen-bond acceptors (Lipinski definition) is 3. The minimum atomic E-state index is -0.405. The number of pyridine rings is 1. The Balaban J connectivity index is 0. The third kappa shape index (κ3) is 7.92. The molecule has 0 spiro atoms. The molecule has 2 aromatic rings. The van der Waals surface area contributed by atoms with Gasteiger partial charge in [-0.1, -0.05) is 39.8 Å². The van der Waals surface area contributed by atoms with Gasteiger partial charge in [0, 0.05) is 23.5 Å². The molecule has 0 N–H and O–H groups in total. The molecule has 1 heterocycles. The molecule has 0 aliphatic heterocycles. The van der Waals surface area contributed by atoms with E-state index in [4.69, 9.17) is 0 Å². The van der Waals surface area contributed by atoms with E-state index < -0.39 is 5.97 Å². The highest BCUT2D eigenvalue weighted by Crippen LogP contribution is 2.16. The summed E-state index contributed by atoms with van der Waals surface area (Å²) < 4.78 is 19.1. The number of nitrogens with zero attached hydrogens (tertiary/aromatic N) is 1. The molecule has 0 fully saturated rings. The molecular weight excluding hydrogens is 333 g/mol. The lowest BCUT2D eigenvalue weighted by atomic mass is 10.1. The number of ether oxygens (including phenoxy) is 1. The molecule has 1 aromatic heterocycles. The van der Waals surface area contributed by atoms with Crippen molar-refractivity contribution in [2.24, 2.45) is 0 Å². The lowest BCUT2D eigenvalue weighted by molar-refractivity contribution is -0.141. The van der Waals surface area contributed by atoms with E-state index in [1.807, 2.05) is 27.7 Å². The first-order chi connectivity index (χ1) is 12.5. The molecule has 2 rings (SSSR count). The number of methoxy groups -OCH3 is 1. The summed E-state index contributed by atoms with van der Waals surface area (Å²) in [6.07, 6.45) is 3.16. The number of rotatable bonds is 3. The Hall–Kier alpha value is -2.69. The van der Waals surface area contributed by atoms with E-state index in [0.29, 0.717) is 16.7 Å². The maximum atomic E-state index is 12.9. The van der Waals surface area contributed by atoms with Crippen molar-refractivity contribution in [3.05, 3.63) is 71.4 Å². The first kappa shape index (κ1) is 25.5. The zero-order valence-corrected chi connectivity index (χ0v) is 16.6. The summed E-state index contributed by atoms with van der Waals surface area (Å²) in [5.41, 5.74) is 1.40. The number of benzene rings is 1. The van der Waals surface area contributed by atoms with Crippen molar-refractivity contribution in [3.63, 3.8) is 0 Å². The number of carbonyl (C=O) groups is 1. The van der Waals surface area contributed by atoms with Crippen molar-refractivity contribution in [3.8, 4) is 11.1 Å². The minimum absolute atomic E-state index is 0.0197. The number of aryl methyl sites for hydroxylation is 1. The van der Waals surface area contributed by atoms with Crippen molar-refractivity contribution in [1.82, 2.24) is 4.57 Å². The van der Waals surface area contributed by atoms with Crippen LogP contribution in [0.15, 0.2) is 54.6 Å². The number of aromatic nitrogens is 1. The van der Waals surface area contributed by atoms with Crippen LogP contribution in [0.4, 0.5) is 4.39 Å². The van der Waals surface area contributed by atoms with Gasteiger partial charge in [0.1, 0.15) is 12.4 Å². The fourth-order valence-electron chi connectivity index (χ4n) is 1.92. The highest BCUT2D eigenvalue weighted by atomic mass is 19.1. The SMILES string of the molecule is C=C.CC.CC.COC(=O)Cn1cc(C)c(=O)c(-c2ccc(F)cc2)c1. The van der Waals surface area contributed by atoms with E-state index in [9.17, 15) is 14.0 Å². The van der Waals surface area contributed by atoms with Gasteiger partial charge in [-0.25, -0.2) is 4.39 Å². The van der Waals surface area contributed by atoms with E-state index >= 15 is 0 Å². The topological polar surface area (TPSA) is 48.3 Å². The number of hydrogen-bond donors (Lipinski definition) is 0. The molecule has 4 nitrogen and oxygen atoms in total. The van der Waals surface area contributed by atoms with Gasteiger partial charge in [-0.3, -0.25) is 9.59 Å². The molecule has 0 bridgehead atoms. The van der Waals surface area contributed by atoms with Crippen LogP contribution in [0, 0.1) is 12.7 Å². The predicted molar refractivity (Wildman–Crippen MR) is 107 cm³/mol. The maximum absolute atomic E-state index is 12.9. The van der Waals surface area contributed by atoms with Crippen molar-refractivity contribution < 1.29 is 13.9 Å². The first-order valence-corrected chi connectivity index (χ1v) is 8.54. The van der Waals surface area contributed by atoms with E-state index in [1.165, 1.54) is 31.4 Å². The van der Waals surface area contributed by atoms with Crippen LogP contribution in [0.25, 0.3) is 11.1 Å². The van der Waals surface area contributed by atoms with Gasteiger partial charge in [-0.2, -0.15) is 0 Å². The van der Waals surface area contributed by atoms with Crippen LogP contribution in [0.3, 0.4) is 0 Å². The smallest absolute Gasteiger partial charge is 0.325 e. The molecule has 0 saturated carbocycles. The maximum Gasteiger partial charge on any atom is 0.325 e. The largest absolute Gasteiger partial charge is 0.468 e. The van der Waals surface area contributed by atoms with Crippen LogP contribution in [-0.2, 0) is 16.1 Å². The second-order valence-electron chi connectivity index (χ2n) is 4.44. The van der Waals surface area contributed by atoms with E-state index in [2.05, 4.69) is 17.9 Å². The summed E-state index contributed by atoms with van der Waals surface area (Å²) in [5, 5.41) is 0. The second-order valence-corrected chi connectivity index (χ2v) is 4.44. The number of esters is 1. The Kier molecular flexibility index (Phi) is 14.4. The molecule has 0 amide bonds. The summed E-state index contributed by atoms with van der Waals surface area (Å²) in [5.74, 6) is -0.769. The normalized spacial score (nSPS) is 8.58. The quantitative estimate of drug-likeness (QED) is 0.570. The van der Waals surface area contributed by atoms with Crippen LogP contribution in [-0.4, -0.2) is 17.6 Å². The average Bonchev–Trinajstić information content (AvgIpc) is 2.70. The van der Waals surface area contributed by atoms with Crippen molar-refractivity contribution in [1.29, 1.82) is 0 Å². The molecule has 0 aliphatic carbocycles. The van der Waals surface area contributed by atoms with E-state index in [0.717, 1.165) is 0 Å². The van der Waals surface area contributed by atoms with Gasteiger partial charge in [0.05, 0.1) is 7.11 Å². The van der Waals surface area contributed by atoms with E-state index in [-0.39, 0.29) is 17.8 Å². The summed E-state index contributed by atoms with van der Waals surface area (Å²) >= 11 is 0. The Morgan fingerprint density at radius 1 is 1.08 bits per heavy atom. The summed E-state index contributed by atoms with van der Waals surface area (Å²) in [6, 6.07) is 5.66. The van der Waals surface area contributed by atoms with Gasteiger partial charge in [0.15, 0.2) is 5.43 Å². The van der Waals surface area contributed by atoms with Crippen LogP contribution >= 0.6 is 0 Å². The molecule has 0 radical (unpaired) electrons. The highest BCUT2D eigenvalue weighted by Gasteiger charge is 2.09. The van der Waals surface area contributed by atoms with E-state index in [1.54, 1.807) is 23.9 Å². The van der Waals surface area contributed by atoms with Gasteiger partial charge < -0.3 is 9.30 Å². The van der Waals surface area contributed by atoms with Crippen molar-refractivity contribution in [2.75, 3.05) is 7.11 Å². The molecule has 0 saturated heterocycles. The lowest BCUT2D eigenvalue weighted by Crippen LogP contribution is -2.17. The van der Waals surface area contributed by atoms with Crippen LogP contribution in [0.5, 0.6) is 0 Å². The van der Waals surface area contributed by atoms with Gasteiger partial charge >= 0.3 is 5.97 Å². The lowest BCUT2D eigenvalue weighted by Gasteiger charge is -2.09. The molecule has 144 valence electrons. The average molecular weight is 363 g/mol. The zero-order valence-electron chi connectivity index (χ0n) is 16.6. The third-order valence-electron chi connectivity index (χ3n) is 2.95. The Morgan fingerprint density at radius 3 is 2.04 bits per heavy atom. The van der Waals surface area contributed by atoms with Crippen molar-refractivity contribution in [2.45, 2.75) is 41.2 Å². The molecule has 0 unspecified atom stereocenters. The summed E-state index contributed by atoms with van der Waals surface area (Å²) in [7, 11) is 1.30. The molecule has 5 heteroatoms. The van der Waals surface area contributed by atoms with Gasteiger partial charge in [-0.05, 0) is 24.6 Å². The van der Waals surface area contributed by atoms with Crippen LogP contribution < -0.4 is 5.43 Å². The van der Waals surface area contributed by atoms with Crippen molar-refractivity contribution >= 4 is 5.97 Å². The predicted octanol–water partition coefficient (Wildman–Crippen LogP) is 4.99. The molecule has 1 aromatic carbocycles. The third-order valence-corrected chi connectivity index (χ3v) is 2.95. The molecular formula is C21H30FNO3. The number of carbonyl (C=O) groups excluding carboxylic acids is 1. The molecule has 0 aliphatic rings. The molecule has 0 atom stereocenters. The minimum Gasteiger partial charge on any atom is -0.468 e. The Morgan fingerprint density at radius 2 is 1.58 bits per heavy atom. The fraction of sp³-hybridized carbons (Fsp3) is 0.333. The highest BCUT2D eigenvalue weighted by molar-refractivity contribution is 5.69. The molecule has 26 heavy (non-hydrogen) atoms. The first-order valence-electron chi connectivity index (χ1n) is 8.54. The van der Waals surface area contributed by atoms with Gasteiger partial charge in [0.2, 0.25) is 0 Å².